The van der Waals surface area contributed by atoms with E-state index in [1.54, 1.807) is 0 Å². The first-order valence-corrected chi connectivity index (χ1v) is 2.87. The summed E-state index contributed by atoms with van der Waals surface area (Å²) in [6, 6.07) is 0.495. The van der Waals surface area contributed by atoms with E-state index < -0.39 is 0 Å². The van der Waals surface area contributed by atoms with Gasteiger partial charge in [0, 0.05) is 6.04 Å². The smallest absolute Gasteiger partial charge is 0.0466 e. The third-order valence-corrected chi connectivity index (χ3v) is 1.46. The van der Waals surface area contributed by atoms with Crippen molar-refractivity contribution in [3.05, 3.63) is 23.8 Å². The fourth-order valence-electron chi connectivity index (χ4n) is 0.898. The Balaban J connectivity index is 2.58. The zero-order chi connectivity index (χ0) is 5.98. The molecule has 1 aliphatic carbocycles. The monoisotopic (exact) mass is 109 g/mol. The van der Waals surface area contributed by atoms with E-state index in [4.69, 9.17) is 0 Å². The Bertz CT molecular complexity index is 133. The fraction of sp³-hybridized carbons (Fsp3) is 0.429. The SMILES string of the molecule is CNC1C=CC=C1C. The molecule has 0 spiro atoms. The van der Waals surface area contributed by atoms with E-state index in [2.05, 4.69) is 30.5 Å². The molecule has 44 valence electrons. The van der Waals surface area contributed by atoms with Gasteiger partial charge in [0.05, 0.1) is 0 Å². The number of allylic oxidation sites excluding steroid dienone is 2. The average molecular weight is 109 g/mol. The summed E-state index contributed by atoms with van der Waals surface area (Å²) >= 11 is 0. The van der Waals surface area contributed by atoms with Gasteiger partial charge in [0.1, 0.15) is 0 Å². The highest BCUT2D eigenvalue weighted by Crippen LogP contribution is 2.08. The maximum absolute atomic E-state index is 3.16. The Hall–Kier alpha value is -0.560. The van der Waals surface area contributed by atoms with Crippen LogP contribution in [0.25, 0.3) is 0 Å². The Labute approximate surface area is 50.1 Å². The van der Waals surface area contributed by atoms with Gasteiger partial charge in [0.2, 0.25) is 0 Å². The Morgan fingerprint density at radius 2 is 2.38 bits per heavy atom. The Morgan fingerprint density at radius 1 is 1.62 bits per heavy atom. The molecule has 0 amide bonds. The van der Waals surface area contributed by atoms with Crippen LogP contribution in [0.3, 0.4) is 0 Å². The summed E-state index contributed by atoms with van der Waals surface area (Å²) in [5, 5.41) is 3.16. The molecule has 0 aromatic heterocycles. The van der Waals surface area contributed by atoms with Crippen molar-refractivity contribution in [3.8, 4) is 0 Å². The zero-order valence-electron chi connectivity index (χ0n) is 5.31. The molecule has 1 rings (SSSR count). The summed E-state index contributed by atoms with van der Waals surface area (Å²) in [5.41, 5.74) is 1.40. The molecular weight excluding hydrogens is 98.1 g/mol. The van der Waals surface area contributed by atoms with Gasteiger partial charge in [-0.05, 0) is 14.0 Å². The molecule has 0 aliphatic heterocycles. The quantitative estimate of drug-likeness (QED) is 0.531. The number of nitrogens with one attached hydrogen (secondary N) is 1. The maximum Gasteiger partial charge on any atom is 0.0466 e. The van der Waals surface area contributed by atoms with E-state index in [9.17, 15) is 0 Å². The van der Waals surface area contributed by atoms with Crippen LogP contribution in [-0.2, 0) is 0 Å². The molecule has 1 nitrogen and oxygen atoms in total. The van der Waals surface area contributed by atoms with Crippen molar-refractivity contribution in [2.45, 2.75) is 13.0 Å². The third kappa shape index (κ3) is 0.819. The minimum absolute atomic E-state index is 0.495. The summed E-state index contributed by atoms with van der Waals surface area (Å²) in [7, 11) is 1.97. The van der Waals surface area contributed by atoms with E-state index in [-0.39, 0.29) is 0 Å². The number of hydrogen-bond acceptors (Lipinski definition) is 1. The first kappa shape index (κ1) is 5.57. The van der Waals surface area contributed by atoms with Crippen molar-refractivity contribution in [2.24, 2.45) is 0 Å². The molecule has 0 aromatic rings. The topological polar surface area (TPSA) is 12.0 Å². The predicted molar refractivity (Wildman–Crippen MR) is 35.7 cm³/mol. The van der Waals surface area contributed by atoms with Crippen LogP contribution in [0.15, 0.2) is 23.8 Å². The minimum atomic E-state index is 0.495. The van der Waals surface area contributed by atoms with Crippen LogP contribution < -0.4 is 5.32 Å². The van der Waals surface area contributed by atoms with Gasteiger partial charge in [-0.25, -0.2) is 0 Å². The molecule has 0 fully saturated rings. The molecule has 0 saturated heterocycles. The predicted octanol–water partition coefficient (Wildman–Crippen LogP) is 1.09. The van der Waals surface area contributed by atoms with Gasteiger partial charge in [-0.15, -0.1) is 0 Å². The maximum atomic E-state index is 3.16. The molecule has 1 atom stereocenters. The molecule has 8 heavy (non-hydrogen) atoms. The van der Waals surface area contributed by atoms with Gasteiger partial charge in [-0.2, -0.15) is 0 Å². The Kier molecular flexibility index (Phi) is 1.49. The second-order valence-corrected chi connectivity index (χ2v) is 2.06. The third-order valence-electron chi connectivity index (χ3n) is 1.46. The van der Waals surface area contributed by atoms with E-state index in [1.165, 1.54) is 5.57 Å². The summed E-state index contributed by atoms with van der Waals surface area (Å²) in [4.78, 5) is 0. The molecule has 0 radical (unpaired) electrons. The lowest BCUT2D eigenvalue weighted by atomic mass is 10.2. The van der Waals surface area contributed by atoms with Crippen molar-refractivity contribution in [3.63, 3.8) is 0 Å². The van der Waals surface area contributed by atoms with Gasteiger partial charge in [-0.3, -0.25) is 0 Å². The number of likely N-dealkylation sites (N-methyl/N-ethyl adjacent to an activating group) is 1. The van der Waals surface area contributed by atoms with Crippen molar-refractivity contribution in [1.29, 1.82) is 0 Å². The first-order chi connectivity index (χ1) is 3.84. The second kappa shape index (κ2) is 2.14. The van der Waals surface area contributed by atoms with E-state index >= 15 is 0 Å². The summed E-state index contributed by atoms with van der Waals surface area (Å²) < 4.78 is 0. The lowest BCUT2D eigenvalue weighted by Crippen LogP contribution is -2.21. The van der Waals surface area contributed by atoms with Gasteiger partial charge in [0.25, 0.3) is 0 Å². The highest BCUT2D eigenvalue weighted by molar-refractivity contribution is 5.29. The highest BCUT2D eigenvalue weighted by Gasteiger charge is 2.05. The Morgan fingerprint density at radius 3 is 2.62 bits per heavy atom. The zero-order valence-corrected chi connectivity index (χ0v) is 5.31. The van der Waals surface area contributed by atoms with E-state index in [0.29, 0.717) is 6.04 Å². The molecule has 0 bridgehead atoms. The highest BCUT2D eigenvalue weighted by atomic mass is 14.9. The van der Waals surface area contributed by atoms with Crippen LogP contribution in [0.4, 0.5) is 0 Å². The summed E-state index contributed by atoms with van der Waals surface area (Å²) in [6.07, 6.45) is 6.35. The van der Waals surface area contributed by atoms with Crippen LogP contribution in [0.2, 0.25) is 0 Å². The van der Waals surface area contributed by atoms with Crippen LogP contribution in [0.1, 0.15) is 6.92 Å². The normalized spacial score (nSPS) is 26.2. The van der Waals surface area contributed by atoms with Crippen molar-refractivity contribution in [1.82, 2.24) is 5.32 Å². The van der Waals surface area contributed by atoms with Crippen molar-refractivity contribution < 1.29 is 0 Å². The fourth-order valence-corrected chi connectivity index (χ4v) is 0.898. The lowest BCUT2D eigenvalue weighted by Gasteiger charge is -2.05. The number of rotatable bonds is 1. The molecule has 0 saturated carbocycles. The largest absolute Gasteiger partial charge is 0.310 e. The molecule has 1 heteroatoms. The standard InChI is InChI=1S/C7H11N/c1-6-4-3-5-7(6)8-2/h3-5,7-8H,1-2H3. The van der Waals surface area contributed by atoms with Crippen LogP contribution in [0.5, 0.6) is 0 Å². The summed E-state index contributed by atoms with van der Waals surface area (Å²) in [5.74, 6) is 0. The van der Waals surface area contributed by atoms with E-state index in [0.717, 1.165) is 0 Å². The van der Waals surface area contributed by atoms with Gasteiger partial charge >= 0.3 is 0 Å². The van der Waals surface area contributed by atoms with Crippen LogP contribution in [-0.4, -0.2) is 13.1 Å². The molecule has 1 aliphatic rings. The van der Waals surface area contributed by atoms with Crippen molar-refractivity contribution >= 4 is 0 Å². The van der Waals surface area contributed by atoms with Gasteiger partial charge < -0.3 is 5.32 Å². The molecular formula is C7H11N. The van der Waals surface area contributed by atoms with Crippen LogP contribution in [0, 0.1) is 0 Å². The molecule has 0 aromatic carbocycles. The van der Waals surface area contributed by atoms with Crippen molar-refractivity contribution in [2.75, 3.05) is 7.05 Å². The lowest BCUT2D eigenvalue weighted by molar-refractivity contribution is 0.762. The molecule has 1 N–H and O–H groups in total. The van der Waals surface area contributed by atoms with E-state index in [1.807, 2.05) is 7.05 Å². The second-order valence-electron chi connectivity index (χ2n) is 2.06. The van der Waals surface area contributed by atoms with Gasteiger partial charge in [-0.1, -0.05) is 23.8 Å². The average Bonchev–Trinajstić information content (AvgIpc) is 2.14. The first-order valence-electron chi connectivity index (χ1n) is 2.87. The van der Waals surface area contributed by atoms with Crippen LogP contribution >= 0.6 is 0 Å². The van der Waals surface area contributed by atoms with Gasteiger partial charge in [0.15, 0.2) is 0 Å². The summed E-state index contributed by atoms with van der Waals surface area (Å²) in [6.45, 7) is 2.13. The molecule has 1 unspecified atom stereocenters. The minimum Gasteiger partial charge on any atom is -0.310 e. The molecule has 0 heterocycles. The number of hydrogen-bond donors (Lipinski definition) is 1.